The molecule has 1 saturated heterocycles. The van der Waals surface area contributed by atoms with Crippen molar-refractivity contribution in [2.75, 3.05) is 26.2 Å². The molecule has 108 valence electrons. The van der Waals surface area contributed by atoms with E-state index < -0.39 is 12.0 Å². The third-order valence-electron chi connectivity index (χ3n) is 3.68. The highest BCUT2D eigenvalue weighted by molar-refractivity contribution is 5.79. The minimum Gasteiger partial charge on any atom is -0.480 e. The Balaban J connectivity index is 1.84. The molecule has 0 aliphatic carbocycles. The van der Waals surface area contributed by atoms with Crippen molar-refractivity contribution < 1.29 is 14.7 Å². The van der Waals surface area contributed by atoms with Crippen molar-refractivity contribution in [3.8, 4) is 0 Å². The van der Waals surface area contributed by atoms with Crippen LogP contribution in [-0.4, -0.2) is 64.0 Å². The van der Waals surface area contributed by atoms with Gasteiger partial charge in [-0.2, -0.15) is 0 Å². The number of carbonyl (C=O) groups is 2. The number of amides is 1. The van der Waals surface area contributed by atoms with E-state index in [9.17, 15) is 9.59 Å². The normalized spacial score (nSPS) is 17.8. The second kappa shape index (κ2) is 6.47. The fraction of sp³-hybridized carbons (Fsp3) is 0.500. The fourth-order valence-electron chi connectivity index (χ4n) is 2.30. The lowest BCUT2D eigenvalue weighted by molar-refractivity contribution is -0.144. The highest BCUT2D eigenvalue weighted by Gasteiger charge is 2.26. The number of carboxylic acid groups (broad SMARTS) is 1. The molecule has 1 aliphatic rings. The Morgan fingerprint density at radius 3 is 2.40 bits per heavy atom. The van der Waals surface area contributed by atoms with Gasteiger partial charge in [-0.3, -0.25) is 19.5 Å². The summed E-state index contributed by atoms with van der Waals surface area (Å²) >= 11 is 0. The van der Waals surface area contributed by atoms with E-state index in [1.807, 2.05) is 17.0 Å². The maximum atomic E-state index is 12.1. The molecule has 2 heterocycles. The molecule has 1 aromatic rings. The molecule has 0 radical (unpaired) electrons. The molecule has 0 spiro atoms. The summed E-state index contributed by atoms with van der Waals surface area (Å²) in [6.45, 7) is 4.06. The van der Waals surface area contributed by atoms with Crippen molar-refractivity contribution in [1.29, 1.82) is 0 Å². The minimum atomic E-state index is -0.818. The lowest BCUT2D eigenvalue weighted by Crippen LogP contribution is -2.53. The van der Waals surface area contributed by atoms with Crippen LogP contribution >= 0.6 is 0 Å². The van der Waals surface area contributed by atoms with Gasteiger partial charge in [0.25, 0.3) is 0 Å². The molecule has 1 unspecified atom stereocenters. The van der Waals surface area contributed by atoms with Gasteiger partial charge in [0.1, 0.15) is 6.04 Å². The van der Waals surface area contributed by atoms with Crippen LogP contribution in [0.1, 0.15) is 12.5 Å². The van der Waals surface area contributed by atoms with Gasteiger partial charge in [-0.25, -0.2) is 0 Å². The Kier molecular flexibility index (Phi) is 4.68. The van der Waals surface area contributed by atoms with Crippen molar-refractivity contribution in [2.24, 2.45) is 0 Å². The molecule has 0 saturated carbocycles. The number of rotatable bonds is 4. The van der Waals surface area contributed by atoms with E-state index in [0.29, 0.717) is 32.6 Å². The first kappa shape index (κ1) is 14.5. The molecule has 2 rings (SSSR count). The monoisotopic (exact) mass is 277 g/mol. The van der Waals surface area contributed by atoms with Gasteiger partial charge in [0.05, 0.1) is 6.42 Å². The first-order valence-electron chi connectivity index (χ1n) is 6.71. The highest BCUT2D eigenvalue weighted by Crippen LogP contribution is 2.09. The molecule has 1 fully saturated rings. The van der Waals surface area contributed by atoms with Crippen LogP contribution in [0.25, 0.3) is 0 Å². The number of aromatic nitrogens is 1. The van der Waals surface area contributed by atoms with Crippen LogP contribution in [0, 0.1) is 0 Å². The molecule has 6 nitrogen and oxygen atoms in total. The number of carboxylic acids is 1. The van der Waals surface area contributed by atoms with E-state index in [1.165, 1.54) is 0 Å². The van der Waals surface area contributed by atoms with Crippen LogP contribution < -0.4 is 0 Å². The Bertz CT molecular complexity index is 470. The Labute approximate surface area is 118 Å². The lowest BCUT2D eigenvalue weighted by Gasteiger charge is -2.36. The summed E-state index contributed by atoms with van der Waals surface area (Å²) in [5, 5.41) is 8.98. The van der Waals surface area contributed by atoms with Gasteiger partial charge in [0.2, 0.25) is 5.91 Å². The van der Waals surface area contributed by atoms with E-state index >= 15 is 0 Å². The van der Waals surface area contributed by atoms with E-state index in [4.69, 9.17) is 5.11 Å². The van der Waals surface area contributed by atoms with Gasteiger partial charge < -0.3 is 10.0 Å². The molecule has 1 atom stereocenters. The smallest absolute Gasteiger partial charge is 0.320 e. The molecular formula is C14H19N3O3. The predicted molar refractivity (Wildman–Crippen MR) is 73.2 cm³/mol. The van der Waals surface area contributed by atoms with Gasteiger partial charge in [-0.1, -0.05) is 0 Å². The minimum absolute atomic E-state index is 0.0822. The molecule has 0 bridgehead atoms. The summed E-state index contributed by atoms with van der Waals surface area (Å²) in [6, 6.07) is 3.17. The second-order valence-electron chi connectivity index (χ2n) is 4.96. The van der Waals surface area contributed by atoms with Crippen molar-refractivity contribution in [2.45, 2.75) is 19.4 Å². The molecule has 1 aliphatic heterocycles. The summed E-state index contributed by atoms with van der Waals surface area (Å²) in [4.78, 5) is 30.7. The molecule has 6 heteroatoms. The van der Waals surface area contributed by atoms with Gasteiger partial charge >= 0.3 is 5.97 Å². The molecular weight excluding hydrogens is 258 g/mol. The molecule has 0 aromatic carbocycles. The zero-order chi connectivity index (χ0) is 14.5. The largest absolute Gasteiger partial charge is 0.480 e. The van der Waals surface area contributed by atoms with Gasteiger partial charge in [-0.05, 0) is 24.6 Å². The predicted octanol–water partition coefficient (Wildman–Crippen LogP) is 0.241. The summed E-state index contributed by atoms with van der Waals surface area (Å²) < 4.78 is 0. The van der Waals surface area contributed by atoms with Crippen molar-refractivity contribution in [1.82, 2.24) is 14.8 Å². The number of aliphatic carboxylic acids is 1. The maximum absolute atomic E-state index is 12.1. The van der Waals surface area contributed by atoms with Crippen LogP contribution in [-0.2, 0) is 16.0 Å². The SMILES string of the molecule is CC(C(=O)O)N1CCN(C(=O)Cc2ccncc2)CC1. The summed E-state index contributed by atoms with van der Waals surface area (Å²) in [7, 11) is 0. The second-order valence-corrected chi connectivity index (χ2v) is 4.96. The third kappa shape index (κ3) is 3.54. The van der Waals surface area contributed by atoms with Crippen molar-refractivity contribution >= 4 is 11.9 Å². The van der Waals surface area contributed by atoms with Gasteiger partial charge in [-0.15, -0.1) is 0 Å². The van der Waals surface area contributed by atoms with E-state index in [2.05, 4.69) is 4.98 Å². The van der Waals surface area contributed by atoms with Crippen molar-refractivity contribution in [3.63, 3.8) is 0 Å². The van der Waals surface area contributed by atoms with Crippen LogP contribution in [0.15, 0.2) is 24.5 Å². The highest BCUT2D eigenvalue weighted by atomic mass is 16.4. The summed E-state index contributed by atoms with van der Waals surface area (Å²) in [6.07, 6.45) is 3.72. The fourth-order valence-corrected chi connectivity index (χ4v) is 2.30. The van der Waals surface area contributed by atoms with E-state index in [-0.39, 0.29) is 5.91 Å². The number of hydrogen-bond donors (Lipinski definition) is 1. The average molecular weight is 277 g/mol. The Morgan fingerprint density at radius 2 is 1.85 bits per heavy atom. The maximum Gasteiger partial charge on any atom is 0.320 e. The molecule has 1 N–H and O–H groups in total. The Morgan fingerprint density at radius 1 is 1.25 bits per heavy atom. The van der Waals surface area contributed by atoms with Gasteiger partial charge in [0.15, 0.2) is 0 Å². The first-order valence-corrected chi connectivity index (χ1v) is 6.71. The van der Waals surface area contributed by atoms with Crippen molar-refractivity contribution in [3.05, 3.63) is 30.1 Å². The zero-order valence-corrected chi connectivity index (χ0v) is 11.5. The number of pyridine rings is 1. The van der Waals surface area contributed by atoms with E-state index in [0.717, 1.165) is 5.56 Å². The van der Waals surface area contributed by atoms with Crippen LogP contribution in [0.5, 0.6) is 0 Å². The standard InChI is InChI=1S/C14H19N3O3/c1-11(14(19)20)16-6-8-17(9-7-16)13(18)10-12-2-4-15-5-3-12/h2-5,11H,6-10H2,1H3,(H,19,20). The van der Waals surface area contributed by atoms with Gasteiger partial charge in [0, 0.05) is 38.6 Å². The third-order valence-corrected chi connectivity index (χ3v) is 3.68. The summed E-state index contributed by atoms with van der Waals surface area (Å²) in [5.74, 6) is -0.736. The lowest BCUT2D eigenvalue weighted by atomic mass is 10.1. The molecule has 20 heavy (non-hydrogen) atoms. The molecule has 1 amide bonds. The number of hydrogen-bond acceptors (Lipinski definition) is 4. The van der Waals surface area contributed by atoms with E-state index in [1.54, 1.807) is 24.2 Å². The number of piperazine rings is 1. The van der Waals surface area contributed by atoms with Crippen LogP contribution in [0.2, 0.25) is 0 Å². The molecule has 1 aromatic heterocycles. The first-order chi connectivity index (χ1) is 9.58. The Hall–Kier alpha value is -1.95. The number of nitrogens with zero attached hydrogens (tertiary/aromatic N) is 3. The quantitative estimate of drug-likeness (QED) is 0.853. The average Bonchev–Trinajstić information content (AvgIpc) is 2.47. The topological polar surface area (TPSA) is 73.7 Å². The van der Waals surface area contributed by atoms with Crippen LogP contribution in [0.3, 0.4) is 0 Å². The zero-order valence-electron chi connectivity index (χ0n) is 11.5. The van der Waals surface area contributed by atoms with Crippen LogP contribution in [0.4, 0.5) is 0 Å². The summed E-state index contributed by atoms with van der Waals surface area (Å²) in [5.41, 5.74) is 0.950. The number of carbonyl (C=O) groups excluding carboxylic acids is 1.